The molecule has 0 atom stereocenters. The highest BCUT2D eigenvalue weighted by atomic mass is 35.5. The summed E-state index contributed by atoms with van der Waals surface area (Å²) in [5, 5.41) is 11.2. The number of alkyl halides is 2. The van der Waals surface area contributed by atoms with Crippen molar-refractivity contribution in [2.24, 2.45) is 7.05 Å². The van der Waals surface area contributed by atoms with Crippen LogP contribution >= 0.6 is 12.4 Å². The van der Waals surface area contributed by atoms with Gasteiger partial charge in [-0.15, -0.1) is 12.4 Å². The fourth-order valence-corrected chi connectivity index (χ4v) is 1.72. The molecule has 2 rings (SSSR count). The molecule has 0 aliphatic heterocycles. The monoisotopic (exact) mass is 291 g/mol. The van der Waals surface area contributed by atoms with E-state index in [-0.39, 0.29) is 19.0 Å². The van der Waals surface area contributed by atoms with Gasteiger partial charge in [-0.1, -0.05) is 0 Å². The van der Waals surface area contributed by atoms with Crippen molar-refractivity contribution in [1.82, 2.24) is 19.6 Å². The van der Waals surface area contributed by atoms with Crippen LogP contribution in [0.4, 0.5) is 14.5 Å². The van der Waals surface area contributed by atoms with Crippen molar-refractivity contribution in [2.75, 3.05) is 5.32 Å². The highest BCUT2D eigenvalue weighted by molar-refractivity contribution is 5.85. The third kappa shape index (κ3) is 4.20. The number of aryl methyl sites for hydroxylation is 2. The summed E-state index contributed by atoms with van der Waals surface area (Å²) in [5.74, 6) is 0. The normalized spacial score (nSPS) is 10.6. The third-order valence-electron chi connectivity index (χ3n) is 2.56. The maximum atomic E-state index is 12.1. The van der Waals surface area contributed by atoms with Gasteiger partial charge in [0.2, 0.25) is 0 Å². The Bertz CT molecular complexity index is 523. The Balaban J connectivity index is 0.00000180. The molecule has 0 aromatic carbocycles. The van der Waals surface area contributed by atoms with Gasteiger partial charge in [0, 0.05) is 31.5 Å². The van der Waals surface area contributed by atoms with Crippen molar-refractivity contribution in [3.8, 4) is 0 Å². The van der Waals surface area contributed by atoms with Crippen molar-refractivity contribution < 1.29 is 8.78 Å². The fourth-order valence-electron chi connectivity index (χ4n) is 1.72. The van der Waals surface area contributed by atoms with Gasteiger partial charge in [-0.05, 0) is 6.92 Å². The summed E-state index contributed by atoms with van der Waals surface area (Å²) in [4.78, 5) is 0. The molecule has 0 radical (unpaired) electrons. The Kier molecular flexibility index (Phi) is 5.29. The molecule has 0 aliphatic carbocycles. The van der Waals surface area contributed by atoms with E-state index in [0.717, 1.165) is 16.9 Å². The minimum Gasteiger partial charge on any atom is -0.378 e. The lowest BCUT2D eigenvalue weighted by Crippen LogP contribution is -2.06. The quantitative estimate of drug-likeness (QED) is 0.919. The first-order valence-electron chi connectivity index (χ1n) is 5.58. The molecule has 0 aliphatic rings. The highest BCUT2D eigenvalue weighted by Gasteiger charge is 2.06. The van der Waals surface area contributed by atoms with E-state index in [1.165, 1.54) is 10.9 Å². The second-order valence-corrected chi connectivity index (χ2v) is 4.11. The summed E-state index contributed by atoms with van der Waals surface area (Å²) in [5.41, 5.74) is 2.74. The molecule has 5 nitrogen and oxygen atoms in total. The first-order chi connectivity index (χ1) is 8.54. The van der Waals surface area contributed by atoms with Gasteiger partial charge < -0.3 is 5.32 Å². The van der Waals surface area contributed by atoms with Crippen LogP contribution in [0, 0.1) is 6.92 Å². The number of rotatable bonds is 5. The summed E-state index contributed by atoms with van der Waals surface area (Å²) < 4.78 is 27.3. The topological polar surface area (TPSA) is 47.7 Å². The second kappa shape index (κ2) is 6.51. The summed E-state index contributed by atoms with van der Waals surface area (Å²) in [6.45, 7) is 2.14. The minimum atomic E-state index is -2.39. The lowest BCUT2D eigenvalue weighted by molar-refractivity contribution is 0.122. The van der Waals surface area contributed by atoms with Gasteiger partial charge >= 0.3 is 0 Å². The number of aromatic nitrogens is 4. The highest BCUT2D eigenvalue weighted by Crippen LogP contribution is 2.11. The average molecular weight is 292 g/mol. The van der Waals surface area contributed by atoms with E-state index in [9.17, 15) is 8.78 Å². The van der Waals surface area contributed by atoms with Crippen LogP contribution in [0.1, 0.15) is 11.3 Å². The Labute approximate surface area is 116 Å². The molecule has 1 N–H and O–H groups in total. The van der Waals surface area contributed by atoms with Crippen LogP contribution in [0.3, 0.4) is 0 Å². The Morgan fingerprint density at radius 1 is 1.37 bits per heavy atom. The lowest BCUT2D eigenvalue weighted by atomic mass is 10.2. The van der Waals surface area contributed by atoms with Crippen molar-refractivity contribution in [3.05, 3.63) is 29.8 Å². The number of nitrogens with one attached hydrogen (secondary N) is 1. The van der Waals surface area contributed by atoms with Crippen molar-refractivity contribution in [1.29, 1.82) is 0 Å². The summed E-state index contributed by atoms with van der Waals surface area (Å²) >= 11 is 0. The van der Waals surface area contributed by atoms with Gasteiger partial charge in [-0.25, -0.2) is 8.78 Å². The SMILES string of the molecule is Cc1nn(C)cc1CNc1cnn(CC(F)F)c1.Cl. The fraction of sp³-hybridized carbons (Fsp3) is 0.455. The van der Waals surface area contributed by atoms with Crippen LogP contribution in [-0.2, 0) is 20.1 Å². The van der Waals surface area contributed by atoms with E-state index in [4.69, 9.17) is 0 Å². The van der Waals surface area contributed by atoms with Crippen molar-refractivity contribution >= 4 is 18.1 Å². The molecule has 19 heavy (non-hydrogen) atoms. The zero-order valence-corrected chi connectivity index (χ0v) is 11.5. The van der Waals surface area contributed by atoms with Gasteiger partial charge in [-0.3, -0.25) is 9.36 Å². The van der Waals surface area contributed by atoms with Crippen LogP contribution in [0.25, 0.3) is 0 Å². The predicted molar refractivity (Wildman–Crippen MR) is 70.8 cm³/mol. The van der Waals surface area contributed by atoms with Crippen molar-refractivity contribution in [2.45, 2.75) is 26.4 Å². The largest absolute Gasteiger partial charge is 0.378 e. The molecular formula is C11H16ClF2N5. The van der Waals surface area contributed by atoms with Gasteiger partial charge in [0.25, 0.3) is 6.43 Å². The molecule has 0 saturated heterocycles. The molecule has 0 unspecified atom stereocenters. The van der Waals surface area contributed by atoms with E-state index in [1.807, 2.05) is 20.2 Å². The molecule has 0 fully saturated rings. The Morgan fingerprint density at radius 3 is 2.68 bits per heavy atom. The molecule has 106 valence electrons. The molecular weight excluding hydrogens is 276 g/mol. The smallest absolute Gasteiger partial charge is 0.257 e. The van der Waals surface area contributed by atoms with Gasteiger partial charge in [0.05, 0.1) is 17.6 Å². The maximum Gasteiger partial charge on any atom is 0.257 e. The Morgan fingerprint density at radius 2 is 2.11 bits per heavy atom. The maximum absolute atomic E-state index is 12.1. The molecule has 2 aromatic rings. The summed E-state index contributed by atoms with van der Waals surface area (Å²) in [7, 11) is 1.86. The van der Waals surface area contributed by atoms with Crippen LogP contribution in [0.5, 0.6) is 0 Å². The van der Waals surface area contributed by atoms with Crippen molar-refractivity contribution in [3.63, 3.8) is 0 Å². The number of anilines is 1. The number of hydrogen-bond acceptors (Lipinski definition) is 3. The van der Waals surface area contributed by atoms with E-state index < -0.39 is 6.43 Å². The summed E-state index contributed by atoms with van der Waals surface area (Å²) in [6, 6.07) is 0. The minimum absolute atomic E-state index is 0. The number of hydrogen-bond donors (Lipinski definition) is 1. The molecule has 2 aromatic heterocycles. The molecule has 0 saturated carbocycles. The molecule has 0 spiro atoms. The lowest BCUT2D eigenvalue weighted by Gasteiger charge is -2.01. The first kappa shape index (κ1) is 15.4. The number of halogens is 3. The van der Waals surface area contributed by atoms with E-state index in [1.54, 1.807) is 10.9 Å². The standard InChI is InChI=1S/C11H15F2N5.ClH/c1-8-9(5-17(2)16-8)3-14-10-4-15-18(6-10)7-11(12)13;/h4-6,11,14H,3,7H2,1-2H3;1H. The summed E-state index contributed by atoms with van der Waals surface area (Å²) in [6.07, 6.45) is 2.64. The van der Waals surface area contributed by atoms with Gasteiger partial charge in [0.15, 0.2) is 0 Å². The second-order valence-electron chi connectivity index (χ2n) is 4.11. The molecule has 0 bridgehead atoms. The first-order valence-corrected chi connectivity index (χ1v) is 5.58. The van der Waals surface area contributed by atoms with Gasteiger partial charge in [-0.2, -0.15) is 10.2 Å². The predicted octanol–water partition coefficient (Wildman–Crippen LogP) is 2.22. The molecule has 0 amide bonds. The average Bonchev–Trinajstić information content (AvgIpc) is 2.82. The van der Waals surface area contributed by atoms with Crippen LogP contribution in [0.15, 0.2) is 18.6 Å². The van der Waals surface area contributed by atoms with Gasteiger partial charge in [0.1, 0.15) is 6.54 Å². The molecule has 8 heteroatoms. The Hall–Kier alpha value is -1.63. The zero-order valence-electron chi connectivity index (χ0n) is 10.7. The van der Waals surface area contributed by atoms with E-state index in [2.05, 4.69) is 15.5 Å². The van der Waals surface area contributed by atoms with Crippen LogP contribution < -0.4 is 5.32 Å². The third-order valence-corrected chi connectivity index (χ3v) is 2.56. The number of nitrogens with zero attached hydrogens (tertiary/aromatic N) is 4. The van der Waals surface area contributed by atoms with E-state index in [0.29, 0.717) is 6.54 Å². The zero-order chi connectivity index (χ0) is 13.1. The van der Waals surface area contributed by atoms with Crippen LogP contribution in [-0.4, -0.2) is 26.0 Å². The van der Waals surface area contributed by atoms with E-state index >= 15 is 0 Å². The van der Waals surface area contributed by atoms with Crippen LogP contribution in [0.2, 0.25) is 0 Å². The molecule has 2 heterocycles.